The lowest BCUT2D eigenvalue weighted by Crippen LogP contribution is -2.14. The van der Waals surface area contributed by atoms with Crippen molar-refractivity contribution >= 4 is 5.97 Å². The summed E-state index contributed by atoms with van der Waals surface area (Å²) in [5.41, 5.74) is 0.453. The fourth-order valence-corrected chi connectivity index (χ4v) is 1.64. The highest BCUT2D eigenvalue weighted by Crippen LogP contribution is 2.23. The maximum absolute atomic E-state index is 13.5. The number of hydrogen-bond acceptors (Lipinski definition) is 1. The van der Waals surface area contributed by atoms with Crippen molar-refractivity contribution < 1.29 is 14.3 Å². The summed E-state index contributed by atoms with van der Waals surface area (Å²) in [6, 6.07) is 6.33. The number of carboxylic acids is 1. The normalized spacial score (nSPS) is 21.3. The molecule has 3 heteroatoms. The zero-order chi connectivity index (χ0) is 13.9. The number of aromatic carboxylic acids is 1. The maximum atomic E-state index is 13.5. The van der Waals surface area contributed by atoms with Crippen molar-refractivity contribution in [2.45, 2.75) is 19.0 Å². The van der Waals surface area contributed by atoms with Crippen LogP contribution in [0.1, 0.15) is 29.3 Å². The van der Waals surface area contributed by atoms with Gasteiger partial charge >= 0.3 is 5.97 Å². The summed E-state index contributed by atoms with van der Waals surface area (Å²) in [7, 11) is 0. The molecule has 1 aromatic carbocycles. The van der Waals surface area contributed by atoms with Crippen LogP contribution in [0.3, 0.4) is 0 Å². The SMILES string of the molecule is CC1(F)C=CC(C#Cc2ccc(C(=O)O)cc2)=CC1. The second kappa shape index (κ2) is 5.11. The zero-order valence-corrected chi connectivity index (χ0v) is 10.5. The van der Waals surface area contributed by atoms with E-state index in [1.807, 2.05) is 0 Å². The van der Waals surface area contributed by atoms with E-state index in [0.29, 0.717) is 6.42 Å². The molecule has 0 saturated heterocycles. The number of allylic oxidation sites excluding steroid dienone is 4. The Hall–Kier alpha value is -2.34. The molecule has 0 aromatic heterocycles. The van der Waals surface area contributed by atoms with Gasteiger partial charge in [-0.25, -0.2) is 9.18 Å². The highest BCUT2D eigenvalue weighted by Gasteiger charge is 2.19. The topological polar surface area (TPSA) is 37.3 Å². The first-order chi connectivity index (χ1) is 8.96. The van der Waals surface area contributed by atoms with E-state index in [0.717, 1.165) is 11.1 Å². The van der Waals surface area contributed by atoms with Crippen LogP contribution in [0.4, 0.5) is 4.39 Å². The molecule has 1 unspecified atom stereocenters. The Bertz CT molecular complexity index is 610. The lowest BCUT2D eigenvalue weighted by Gasteiger charge is -2.16. The second-order valence-corrected chi connectivity index (χ2v) is 4.61. The van der Waals surface area contributed by atoms with Crippen molar-refractivity contribution in [3.63, 3.8) is 0 Å². The van der Waals surface area contributed by atoms with Crippen LogP contribution in [0.15, 0.2) is 48.1 Å². The van der Waals surface area contributed by atoms with Gasteiger partial charge in [-0.1, -0.05) is 17.9 Å². The van der Waals surface area contributed by atoms with Crippen molar-refractivity contribution in [1.82, 2.24) is 0 Å². The Morgan fingerprint density at radius 3 is 2.53 bits per heavy atom. The zero-order valence-electron chi connectivity index (χ0n) is 10.5. The first kappa shape index (κ1) is 13.1. The van der Waals surface area contributed by atoms with Crippen LogP contribution >= 0.6 is 0 Å². The lowest BCUT2D eigenvalue weighted by molar-refractivity contribution is 0.0697. The minimum absolute atomic E-state index is 0.232. The molecule has 1 aromatic rings. The van der Waals surface area contributed by atoms with Crippen LogP contribution in [-0.4, -0.2) is 16.7 Å². The third kappa shape index (κ3) is 3.56. The molecule has 19 heavy (non-hydrogen) atoms. The standard InChI is InChI=1S/C16H13FO2/c1-16(17)10-8-13(9-11-16)3-2-12-4-6-14(7-5-12)15(18)19/h4-10H,11H2,1H3,(H,18,19). The molecule has 0 bridgehead atoms. The monoisotopic (exact) mass is 256 g/mol. The van der Waals surface area contributed by atoms with Crippen LogP contribution < -0.4 is 0 Å². The fraction of sp³-hybridized carbons (Fsp3) is 0.188. The number of carboxylic acid groups (broad SMARTS) is 1. The van der Waals surface area contributed by atoms with E-state index in [9.17, 15) is 9.18 Å². The molecule has 0 saturated carbocycles. The number of carbonyl (C=O) groups is 1. The molecule has 1 aliphatic carbocycles. The average molecular weight is 256 g/mol. The summed E-state index contributed by atoms with van der Waals surface area (Å²) in [5.74, 6) is 4.90. The fourth-order valence-electron chi connectivity index (χ4n) is 1.64. The van der Waals surface area contributed by atoms with Crippen molar-refractivity contribution in [1.29, 1.82) is 0 Å². The van der Waals surface area contributed by atoms with Gasteiger partial charge in [0.25, 0.3) is 0 Å². The van der Waals surface area contributed by atoms with Crippen LogP contribution in [0, 0.1) is 11.8 Å². The number of alkyl halides is 1. The van der Waals surface area contributed by atoms with E-state index >= 15 is 0 Å². The Balaban J connectivity index is 2.11. The Morgan fingerprint density at radius 1 is 1.32 bits per heavy atom. The van der Waals surface area contributed by atoms with Gasteiger partial charge in [0.2, 0.25) is 0 Å². The molecule has 0 spiro atoms. The summed E-state index contributed by atoms with van der Waals surface area (Å²) in [6.07, 6.45) is 5.26. The van der Waals surface area contributed by atoms with Gasteiger partial charge in [-0.2, -0.15) is 0 Å². The van der Waals surface area contributed by atoms with Gasteiger partial charge in [0, 0.05) is 17.6 Å². The summed E-state index contributed by atoms with van der Waals surface area (Å²) in [4.78, 5) is 10.7. The molecule has 0 fully saturated rings. The molecule has 2 nitrogen and oxygen atoms in total. The van der Waals surface area contributed by atoms with Crippen molar-refractivity contribution in [2.24, 2.45) is 0 Å². The molecular weight excluding hydrogens is 243 g/mol. The molecule has 2 rings (SSSR count). The first-order valence-corrected chi connectivity index (χ1v) is 5.90. The Morgan fingerprint density at radius 2 is 2.00 bits per heavy atom. The number of benzene rings is 1. The number of halogens is 1. The van der Waals surface area contributed by atoms with Gasteiger partial charge in [0.1, 0.15) is 5.67 Å². The number of hydrogen-bond donors (Lipinski definition) is 1. The quantitative estimate of drug-likeness (QED) is 0.782. The molecule has 0 heterocycles. The van der Waals surface area contributed by atoms with Crippen molar-refractivity contribution in [3.8, 4) is 11.8 Å². The number of rotatable bonds is 1. The van der Waals surface area contributed by atoms with E-state index in [1.54, 1.807) is 24.3 Å². The largest absolute Gasteiger partial charge is 0.478 e. The van der Waals surface area contributed by atoms with Gasteiger partial charge in [-0.15, -0.1) is 0 Å². The summed E-state index contributed by atoms with van der Waals surface area (Å²) < 4.78 is 13.5. The molecule has 0 aliphatic heterocycles. The smallest absolute Gasteiger partial charge is 0.335 e. The summed E-state index contributed by atoms with van der Waals surface area (Å²) in [5, 5.41) is 8.77. The third-order valence-electron chi connectivity index (χ3n) is 2.81. The van der Waals surface area contributed by atoms with E-state index in [2.05, 4.69) is 11.8 Å². The first-order valence-electron chi connectivity index (χ1n) is 5.90. The van der Waals surface area contributed by atoms with E-state index < -0.39 is 11.6 Å². The highest BCUT2D eigenvalue weighted by molar-refractivity contribution is 5.87. The summed E-state index contributed by atoms with van der Waals surface area (Å²) in [6.45, 7) is 1.52. The van der Waals surface area contributed by atoms with E-state index in [-0.39, 0.29) is 5.56 Å². The van der Waals surface area contributed by atoms with Gasteiger partial charge in [0.15, 0.2) is 0 Å². The average Bonchev–Trinajstić information content (AvgIpc) is 2.38. The van der Waals surface area contributed by atoms with Crippen LogP contribution in [-0.2, 0) is 0 Å². The van der Waals surface area contributed by atoms with Crippen LogP contribution in [0.5, 0.6) is 0 Å². The van der Waals surface area contributed by atoms with Crippen LogP contribution in [0.25, 0.3) is 0 Å². The minimum Gasteiger partial charge on any atom is -0.478 e. The Kier molecular flexibility index (Phi) is 3.52. The molecule has 0 radical (unpaired) electrons. The van der Waals surface area contributed by atoms with Crippen LogP contribution in [0.2, 0.25) is 0 Å². The highest BCUT2D eigenvalue weighted by atomic mass is 19.1. The molecule has 1 atom stereocenters. The van der Waals surface area contributed by atoms with Gasteiger partial charge in [-0.05, 0) is 43.3 Å². The molecule has 96 valence electrons. The van der Waals surface area contributed by atoms with Gasteiger partial charge in [-0.3, -0.25) is 0 Å². The van der Waals surface area contributed by atoms with Gasteiger partial charge in [0.05, 0.1) is 5.56 Å². The third-order valence-corrected chi connectivity index (χ3v) is 2.81. The summed E-state index contributed by atoms with van der Waals surface area (Å²) >= 11 is 0. The van der Waals surface area contributed by atoms with E-state index in [4.69, 9.17) is 5.11 Å². The molecule has 1 N–H and O–H groups in total. The Labute approximate surface area is 111 Å². The predicted molar refractivity (Wildman–Crippen MR) is 71.6 cm³/mol. The van der Waals surface area contributed by atoms with Crippen molar-refractivity contribution in [2.75, 3.05) is 0 Å². The minimum atomic E-state index is -1.28. The van der Waals surface area contributed by atoms with Crippen molar-refractivity contribution in [3.05, 3.63) is 59.2 Å². The second-order valence-electron chi connectivity index (χ2n) is 4.61. The molecular formula is C16H13FO2. The predicted octanol–water partition coefficient (Wildman–Crippen LogP) is 3.35. The molecule has 1 aliphatic rings. The van der Waals surface area contributed by atoms with Gasteiger partial charge < -0.3 is 5.11 Å². The maximum Gasteiger partial charge on any atom is 0.335 e. The van der Waals surface area contributed by atoms with E-state index in [1.165, 1.54) is 25.1 Å². The molecule has 0 amide bonds. The lowest BCUT2D eigenvalue weighted by atomic mass is 9.96.